The van der Waals surface area contributed by atoms with Crippen molar-refractivity contribution in [1.29, 1.82) is 0 Å². The summed E-state index contributed by atoms with van der Waals surface area (Å²) in [6.07, 6.45) is 4.14. The smallest absolute Gasteiger partial charge is 0.229 e. The van der Waals surface area contributed by atoms with E-state index < -0.39 is 0 Å². The van der Waals surface area contributed by atoms with Crippen LogP contribution in [0.25, 0.3) is 0 Å². The third kappa shape index (κ3) is 1.59. The Bertz CT molecular complexity index is 246. The van der Waals surface area contributed by atoms with Crippen molar-refractivity contribution in [2.75, 3.05) is 13.1 Å². The average molecular weight is 182 g/mol. The van der Waals surface area contributed by atoms with Crippen LogP contribution in [-0.4, -0.2) is 41.1 Å². The Hall–Kier alpha value is -0.870. The number of hydrogen-bond donors (Lipinski definition) is 2. The Morgan fingerprint density at radius 2 is 2.15 bits per heavy atom. The monoisotopic (exact) mass is 182 g/mol. The van der Waals surface area contributed by atoms with Crippen LogP contribution >= 0.6 is 0 Å². The summed E-state index contributed by atoms with van der Waals surface area (Å²) in [7, 11) is 0. The number of carbonyl (C=O) groups excluding carboxylic acids is 1. The van der Waals surface area contributed by atoms with E-state index in [1.54, 1.807) is 4.90 Å². The standard InChI is InChI=1S/C9H14N2O2/c10-7-2-1-6(3-7)9(13)11-4-8(12)5-11/h1-2,6-8,12H,3-5,10H2. The van der Waals surface area contributed by atoms with Crippen LogP contribution < -0.4 is 5.73 Å². The van der Waals surface area contributed by atoms with E-state index in [-0.39, 0.29) is 24.0 Å². The molecular weight excluding hydrogens is 168 g/mol. The zero-order valence-electron chi connectivity index (χ0n) is 7.39. The van der Waals surface area contributed by atoms with Gasteiger partial charge in [0.25, 0.3) is 0 Å². The number of carbonyl (C=O) groups is 1. The van der Waals surface area contributed by atoms with E-state index in [2.05, 4.69) is 0 Å². The molecule has 1 aliphatic carbocycles. The Morgan fingerprint density at radius 3 is 2.62 bits per heavy atom. The van der Waals surface area contributed by atoms with E-state index in [1.165, 1.54) is 0 Å². The molecule has 2 rings (SSSR count). The lowest BCUT2D eigenvalue weighted by molar-refractivity contribution is -0.144. The third-order valence-corrected chi connectivity index (χ3v) is 2.61. The second kappa shape index (κ2) is 3.12. The van der Waals surface area contributed by atoms with Gasteiger partial charge in [-0.2, -0.15) is 0 Å². The minimum absolute atomic E-state index is 0.0279. The molecule has 4 nitrogen and oxygen atoms in total. The van der Waals surface area contributed by atoms with Gasteiger partial charge in [-0.3, -0.25) is 4.79 Å². The maximum atomic E-state index is 11.6. The average Bonchev–Trinajstić information content (AvgIpc) is 2.45. The van der Waals surface area contributed by atoms with Crippen LogP contribution in [-0.2, 0) is 4.79 Å². The van der Waals surface area contributed by atoms with Gasteiger partial charge in [-0.25, -0.2) is 0 Å². The summed E-state index contributed by atoms with van der Waals surface area (Å²) < 4.78 is 0. The molecule has 0 radical (unpaired) electrons. The van der Waals surface area contributed by atoms with Crippen LogP contribution in [0.3, 0.4) is 0 Å². The van der Waals surface area contributed by atoms with Gasteiger partial charge in [0.2, 0.25) is 5.91 Å². The maximum Gasteiger partial charge on any atom is 0.229 e. The molecule has 1 saturated heterocycles. The van der Waals surface area contributed by atoms with Crippen LogP contribution in [0.1, 0.15) is 6.42 Å². The largest absolute Gasteiger partial charge is 0.389 e. The summed E-state index contributed by atoms with van der Waals surface area (Å²) >= 11 is 0. The van der Waals surface area contributed by atoms with Crippen molar-refractivity contribution in [1.82, 2.24) is 4.90 Å². The number of aliphatic hydroxyl groups excluding tert-OH is 1. The van der Waals surface area contributed by atoms with Gasteiger partial charge in [0.15, 0.2) is 0 Å². The van der Waals surface area contributed by atoms with Gasteiger partial charge in [0.05, 0.1) is 12.0 Å². The second-order valence-corrected chi connectivity index (χ2v) is 3.79. The number of amides is 1. The second-order valence-electron chi connectivity index (χ2n) is 3.79. The molecule has 2 aliphatic rings. The number of nitrogens with zero attached hydrogens (tertiary/aromatic N) is 1. The SMILES string of the molecule is NC1C=CC(C(=O)N2CC(O)C2)C1. The van der Waals surface area contributed by atoms with Crippen LogP contribution in [0, 0.1) is 5.92 Å². The predicted octanol–water partition coefficient (Wildman–Crippen LogP) is -0.907. The highest BCUT2D eigenvalue weighted by Crippen LogP contribution is 2.21. The quantitative estimate of drug-likeness (QED) is 0.516. The molecule has 0 aromatic carbocycles. The fourth-order valence-corrected chi connectivity index (χ4v) is 1.78. The molecule has 1 fully saturated rings. The highest BCUT2D eigenvalue weighted by molar-refractivity contribution is 5.82. The van der Waals surface area contributed by atoms with Crippen molar-refractivity contribution in [2.24, 2.45) is 11.7 Å². The highest BCUT2D eigenvalue weighted by atomic mass is 16.3. The molecular formula is C9H14N2O2. The molecule has 13 heavy (non-hydrogen) atoms. The van der Waals surface area contributed by atoms with Gasteiger partial charge in [0, 0.05) is 19.1 Å². The molecule has 1 heterocycles. The van der Waals surface area contributed by atoms with Gasteiger partial charge < -0.3 is 15.7 Å². The van der Waals surface area contributed by atoms with Crippen LogP contribution in [0.15, 0.2) is 12.2 Å². The van der Waals surface area contributed by atoms with Crippen molar-refractivity contribution in [3.8, 4) is 0 Å². The molecule has 0 aromatic rings. The van der Waals surface area contributed by atoms with Gasteiger partial charge in [-0.15, -0.1) is 0 Å². The number of aliphatic hydroxyl groups is 1. The van der Waals surface area contributed by atoms with Gasteiger partial charge in [0.1, 0.15) is 0 Å². The van der Waals surface area contributed by atoms with E-state index >= 15 is 0 Å². The molecule has 1 aliphatic heterocycles. The number of β-amino-alcohol motifs (C(OH)–C–C–N with tert-alkyl or cyclic N) is 1. The van der Waals surface area contributed by atoms with E-state index in [0.29, 0.717) is 19.5 Å². The Kier molecular flexibility index (Phi) is 2.09. The molecule has 0 saturated carbocycles. The Labute approximate surface area is 77.0 Å². The van der Waals surface area contributed by atoms with Crippen molar-refractivity contribution < 1.29 is 9.90 Å². The molecule has 72 valence electrons. The zero-order chi connectivity index (χ0) is 9.42. The number of likely N-dealkylation sites (tertiary alicyclic amines) is 1. The van der Waals surface area contributed by atoms with Crippen molar-refractivity contribution >= 4 is 5.91 Å². The Morgan fingerprint density at radius 1 is 1.46 bits per heavy atom. The number of hydrogen-bond acceptors (Lipinski definition) is 3. The fraction of sp³-hybridized carbons (Fsp3) is 0.667. The molecule has 1 amide bonds. The molecule has 3 N–H and O–H groups in total. The number of rotatable bonds is 1. The van der Waals surface area contributed by atoms with E-state index in [4.69, 9.17) is 10.8 Å². The van der Waals surface area contributed by atoms with Gasteiger partial charge in [-0.1, -0.05) is 12.2 Å². The first kappa shape index (κ1) is 8.72. The molecule has 0 aromatic heterocycles. The molecule has 0 bridgehead atoms. The van der Waals surface area contributed by atoms with E-state index in [9.17, 15) is 4.79 Å². The van der Waals surface area contributed by atoms with Gasteiger partial charge in [-0.05, 0) is 6.42 Å². The lowest BCUT2D eigenvalue weighted by Gasteiger charge is -2.37. The molecule has 4 heteroatoms. The summed E-state index contributed by atoms with van der Waals surface area (Å²) in [4.78, 5) is 13.3. The van der Waals surface area contributed by atoms with Crippen LogP contribution in [0.4, 0.5) is 0 Å². The summed E-state index contributed by atoms with van der Waals surface area (Å²) in [5.74, 6) is 0.0528. The Balaban J connectivity index is 1.88. The normalized spacial score (nSPS) is 33.5. The van der Waals surface area contributed by atoms with Crippen LogP contribution in [0.2, 0.25) is 0 Å². The summed E-state index contributed by atoms with van der Waals surface area (Å²) in [6, 6.07) is 0.0279. The van der Waals surface area contributed by atoms with E-state index in [0.717, 1.165) is 0 Å². The van der Waals surface area contributed by atoms with E-state index in [1.807, 2.05) is 12.2 Å². The predicted molar refractivity (Wildman–Crippen MR) is 47.8 cm³/mol. The maximum absolute atomic E-state index is 11.6. The summed E-state index contributed by atoms with van der Waals surface area (Å²) in [6.45, 7) is 0.969. The van der Waals surface area contributed by atoms with Gasteiger partial charge >= 0.3 is 0 Å². The summed E-state index contributed by atoms with van der Waals surface area (Å²) in [5.41, 5.74) is 5.64. The molecule has 2 unspecified atom stereocenters. The zero-order valence-corrected chi connectivity index (χ0v) is 7.39. The lowest BCUT2D eigenvalue weighted by Crippen LogP contribution is -2.55. The lowest BCUT2D eigenvalue weighted by atomic mass is 10.0. The van der Waals surface area contributed by atoms with Crippen molar-refractivity contribution in [3.63, 3.8) is 0 Å². The minimum Gasteiger partial charge on any atom is -0.389 e. The first-order valence-corrected chi connectivity index (χ1v) is 4.57. The topological polar surface area (TPSA) is 66.6 Å². The number of nitrogens with two attached hydrogens (primary N) is 1. The first-order valence-electron chi connectivity index (χ1n) is 4.57. The first-order chi connectivity index (χ1) is 6.16. The van der Waals surface area contributed by atoms with Crippen LogP contribution in [0.5, 0.6) is 0 Å². The highest BCUT2D eigenvalue weighted by Gasteiger charge is 2.34. The molecule has 2 atom stereocenters. The van der Waals surface area contributed by atoms with Crippen molar-refractivity contribution in [2.45, 2.75) is 18.6 Å². The third-order valence-electron chi connectivity index (χ3n) is 2.61. The molecule has 0 spiro atoms. The summed E-state index contributed by atoms with van der Waals surface area (Å²) in [5, 5.41) is 9.03. The minimum atomic E-state index is -0.317. The van der Waals surface area contributed by atoms with Crippen molar-refractivity contribution in [3.05, 3.63) is 12.2 Å². The fourth-order valence-electron chi connectivity index (χ4n) is 1.78.